The Hall–Kier alpha value is -2.40. The number of anilines is 1. The molecule has 0 aliphatic carbocycles. The molecule has 0 saturated carbocycles. The predicted molar refractivity (Wildman–Crippen MR) is 96.5 cm³/mol. The van der Waals surface area contributed by atoms with Gasteiger partial charge in [0.15, 0.2) is 0 Å². The molecule has 1 aliphatic heterocycles. The lowest BCUT2D eigenvalue weighted by Crippen LogP contribution is -2.25. The largest absolute Gasteiger partial charge is 0.493 e. The number of hydrogen-bond acceptors (Lipinski definition) is 3. The number of carbonyl (C=O) groups excluding carboxylic acids is 1. The van der Waals surface area contributed by atoms with Gasteiger partial charge in [0.25, 0.3) is 0 Å². The molecular weight excluding hydrogens is 319 g/mol. The van der Waals surface area contributed by atoms with Gasteiger partial charge in [-0.25, -0.2) is 4.39 Å². The lowest BCUT2D eigenvalue weighted by atomic mass is 9.99. The number of amides is 1. The van der Waals surface area contributed by atoms with Crippen LogP contribution in [0.3, 0.4) is 0 Å². The van der Waals surface area contributed by atoms with Gasteiger partial charge in [-0.2, -0.15) is 0 Å². The van der Waals surface area contributed by atoms with Crippen LogP contribution >= 0.6 is 0 Å². The average molecular weight is 342 g/mol. The van der Waals surface area contributed by atoms with E-state index in [-0.39, 0.29) is 30.4 Å². The summed E-state index contributed by atoms with van der Waals surface area (Å²) < 4.78 is 20.2. The van der Waals surface area contributed by atoms with E-state index in [0.717, 1.165) is 29.0 Å². The number of nitrogens with one attached hydrogen (secondary N) is 2. The molecule has 1 amide bonds. The lowest BCUT2D eigenvalue weighted by molar-refractivity contribution is -0.116. The fraction of sp³-hybridized carbons (Fsp3) is 0.350. The van der Waals surface area contributed by atoms with E-state index in [1.165, 1.54) is 0 Å². The Labute approximate surface area is 147 Å². The summed E-state index contributed by atoms with van der Waals surface area (Å²) in [4.78, 5) is 12.1. The van der Waals surface area contributed by atoms with Crippen molar-refractivity contribution in [3.05, 3.63) is 58.4 Å². The number of hydrogen-bond donors (Lipinski definition) is 2. The van der Waals surface area contributed by atoms with Crippen molar-refractivity contribution in [1.82, 2.24) is 5.32 Å². The van der Waals surface area contributed by atoms with Crippen LogP contribution < -0.4 is 15.4 Å². The minimum Gasteiger partial charge on any atom is -0.493 e. The van der Waals surface area contributed by atoms with E-state index in [1.807, 2.05) is 38.1 Å². The van der Waals surface area contributed by atoms with E-state index in [4.69, 9.17) is 4.74 Å². The highest BCUT2D eigenvalue weighted by atomic mass is 19.1. The molecule has 0 fully saturated rings. The minimum absolute atomic E-state index is 0.172. The maximum absolute atomic E-state index is 14.5. The highest BCUT2D eigenvalue weighted by Gasteiger charge is 2.17. The first-order valence-corrected chi connectivity index (χ1v) is 8.55. The molecule has 25 heavy (non-hydrogen) atoms. The summed E-state index contributed by atoms with van der Waals surface area (Å²) in [5.41, 5.74) is 4.04. The Balaban J connectivity index is 1.57. The van der Waals surface area contributed by atoms with Crippen LogP contribution in [0.2, 0.25) is 0 Å². The summed E-state index contributed by atoms with van der Waals surface area (Å²) in [6, 6.07) is 9.45. The van der Waals surface area contributed by atoms with Crippen molar-refractivity contribution >= 4 is 11.6 Å². The highest BCUT2D eigenvalue weighted by Crippen LogP contribution is 2.24. The SMILES string of the molecule is Cc1ccc(C)c(OCCC(=O)Nc2ccc3c(c2F)CCNC3)c1. The molecule has 0 unspecified atom stereocenters. The van der Waals surface area contributed by atoms with Crippen molar-refractivity contribution in [2.75, 3.05) is 18.5 Å². The summed E-state index contributed by atoms with van der Waals surface area (Å²) in [6.07, 6.45) is 0.812. The minimum atomic E-state index is -0.317. The van der Waals surface area contributed by atoms with Crippen molar-refractivity contribution in [3.8, 4) is 5.75 Å². The lowest BCUT2D eigenvalue weighted by Gasteiger charge is -2.19. The third kappa shape index (κ3) is 4.17. The van der Waals surface area contributed by atoms with Gasteiger partial charge in [-0.1, -0.05) is 18.2 Å². The van der Waals surface area contributed by atoms with Crippen LogP contribution in [-0.2, 0) is 17.8 Å². The van der Waals surface area contributed by atoms with Crippen molar-refractivity contribution in [1.29, 1.82) is 0 Å². The van der Waals surface area contributed by atoms with Crippen LogP contribution in [0.4, 0.5) is 10.1 Å². The second kappa shape index (κ2) is 7.66. The molecule has 2 N–H and O–H groups in total. The molecule has 0 saturated heterocycles. The molecule has 0 atom stereocenters. The molecule has 2 aromatic rings. The summed E-state index contributed by atoms with van der Waals surface area (Å²) in [5.74, 6) is 0.209. The molecule has 0 aromatic heterocycles. The van der Waals surface area contributed by atoms with Gasteiger partial charge in [0, 0.05) is 6.54 Å². The van der Waals surface area contributed by atoms with Crippen molar-refractivity contribution < 1.29 is 13.9 Å². The number of fused-ring (bicyclic) bond motifs is 1. The standard InChI is InChI=1S/C20H23FN2O2/c1-13-3-4-14(2)18(11-13)25-10-8-19(24)23-17-6-5-15-12-22-9-7-16(15)20(17)21/h3-6,11,22H,7-10,12H2,1-2H3,(H,23,24). The summed E-state index contributed by atoms with van der Waals surface area (Å²) >= 11 is 0. The Morgan fingerprint density at radius 3 is 2.96 bits per heavy atom. The average Bonchev–Trinajstić information content (AvgIpc) is 2.61. The van der Waals surface area contributed by atoms with Crippen molar-refractivity contribution in [2.45, 2.75) is 33.2 Å². The summed E-state index contributed by atoms with van der Waals surface area (Å²) in [7, 11) is 0. The monoisotopic (exact) mass is 342 g/mol. The van der Waals surface area contributed by atoms with Gasteiger partial charge in [0.2, 0.25) is 5.91 Å². The second-order valence-electron chi connectivity index (χ2n) is 6.41. The first-order chi connectivity index (χ1) is 12.0. The number of benzene rings is 2. The van der Waals surface area contributed by atoms with E-state index in [9.17, 15) is 9.18 Å². The maximum atomic E-state index is 14.5. The topological polar surface area (TPSA) is 50.4 Å². The van der Waals surface area contributed by atoms with Crippen LogP contribution in [0.15, 0.2) is 30.3 Å². The molecule has 2 aromatic carbocycles. The number of rotatable bonds is 5. The first-order valence-electron chi connectivity index (χ1n) is 8.55. The molecule has 132 valence electrons. The van der Waals surface area contributed by atoms with Gasteiger partial charge in [0.05, 0.1) is 18.7 Å². The van der Waals surface area contributed by atoms with E-state index < -0.39 is 0 Å². The molecule has 0 bridgehead atoms. The van der Waals surface area contributed by atoms with Crippen LogP contribution in [0.25, 0.3) is 0 Å². The molecule has 4 nitrogen and oxygen atoms in total. The molecule has 1 heterocycles. The van der Waals surface area contributed by atoms with E-state index >= 15 is 0 Å². The quantitative estimate of drug-likeness (QED) is 0.874. The molecule has 0 spiro atoms. The van der Waals surface area contributed by atoms with Gasteiger partial charge in [-0.15, -0.1) is 0 Å². The maximum Gasteiger partial charge on any atom is 0.227 e. The van der Waals surface area contributed by atoms with Gasteiger partial charge < -0.3 is 15.4 Å². The fourth-order valence-electron chi connectivity index (χ4n) is 2.96. The highest BCUT2D eigenvalue weighted by molar-refractivity contribution is 5.91. The molecule has 1 aliphatic rings. The second-order valence-corrected chi connectivity index (χ2v) is 6.41. The van der Waals surface area contributed by atoms with Gasteiger partial charge in [-0.05, 0) is 61.2 Å². The predicted octanol–water partition coefficient (Wildman–Crippen LogP) is 3.50. The smallest absolute Gasteiger partial charge is 0.227 e. The van der Waals surface area contributed by atoms with Gasteiger partial charge in [-0.3, -0.25) is 4.79 Å². The van der Waals surface area contributed by atoms with E-state index in [2.05, 4.69) is 10.6 Å². The third-order valence-electron chi connectivity index (χ3n) is 4.41. The zero-order chi connectivity index (χ0) is 17.8. The summed E-state index contributed by atoms with van der Waals surface area (Å²) in [6.45, 7) is 5.64. The first kappa shape index (κ1) is 17.4. The Morgan fingerprint density at radius 2 is 2.12 bits per heavy atom. The molecule has 5 heteroatoms. The van der Waals surface area contributed by atoms with Crippen LogP contribution in [0, 0.1) is 19.7 Å². The Morgan fingerprint density at radius 1 is 1.28 bits per heavy atom. The molecular formula is C20H23FN2O2. The normalized spacial score (nSPS) is 13.2. The van der Waals surface area contributed by atoms with Crippen LogP contribution in [-0.4, -0.2) is 19.1 Å². The van der Waals surface area contributed by atoms with E-state index in [1.54, 1.807) is 6.07 Å². The van der Waals surface area contributed by atoms with Crippen LogP contribution in [0.1, 0.15) is 28.7 Å². The third-order valence-corrected chi connectivity index (χ3v) is 4.41. The van der Waals surface area contributed by atoms with Crippen molar-refractivity contribution in [2.24, 2.45) is 0 Å². The Kier molecular flexibility index (Phi) is 5.34. The van der Waals surface area contributed by atoms with Gasteiger partial charge >= 0.3 is 0 Å². The number of carbonyl (C=O) groups is 1. The molecule has 0 radical (unpaired) electrons. The molecule has 3 rings (SSSR count). The zero-order valence-electron chi connectivity index (χ0n) is 14.6. The van der Waals surface area contributed by atoms with E-state index in [0.29, 0.717) is 18.5 Å². The Bertz CT molecular complexity index is 790. The van der Waals surface area contributed by atoms with Crippen LogP contribution in [0.5, 0.6) is 5.75 Å². The van der Waals surface area contributed by atoms with Gasteiger partial charge in [0.1, 0.15) is 11.6 Å². The number of halogens is 1. The van der Waals surface area contributed by atoms with Crippen molar-refractivity contribution in [3.63, 3.8) is 0 Å². The number of ether oxygens (including phenoxy) is 1. The fourth-order valence-corrected chi connectivity index (χ4v) is 2.96. The zero-order valence-corrected chi connectivity index (χ0v) is 14.6. The number of aryl methyl sites for hydroxylation is 2. The summed E-state index contributed by atoms with van der Waals surface area (Å²) in [5, 5.41) is 5.87.